The average Bonchev–Trinajstić information content (AvgIpc) is 2.55. The van der Waals surface area contributed by atoms with Gasteiger partial charge < -0.3 is 5.73 Å². The van der Waals surface area contributed by atoms with Gasteiger partial charge in [0.15, 0.2) is 0 Å². The Labute approximate surface area is 128 Å². The molecular weight excluding hydrogens is 272 g/mol. The van der Waals surface area contributed by atoms with Crippen molar-refractivity contribution in [2.75, 3.05) is 5.73 Å². The first-order chi connectivity index (χ1) is 10.7. The highest BCUT2D eigenvalue weighted by Gasteiger charge is 2.14. The van der Waals surface area contributed by atoms with Crippen LogP contribution in [0.5, 0.6) is 0 Å². The van der Waals surface area contributed by atoms with Gasteiger partial charge in [0.2, 0.25) is 0 Å². The molecule has 0 spiro atoms. The van der Waals surface area contributed by atoms with E-state index >= 15 is 0 Å². The molecule has 0 aliphatic carbocycles. The Hall–Kier alpha value is -3.19. The van der Waals surface area contributed by atoms with E-state index in [1.54, 1.807) is 12.4 Å². The monoisotopic (exact) mass is 286 g/mol. The third-order valence-corrected chi connectivity index (χ3v) is 3.57. The number of anilines is 1. The number of nitrogen functional groups attached to an aromatic ring is 1. The summed E-state index contributed by atoms with van der Waals surface area (Å²) >= 11 is 0. The number of pyridine rings is 2. The van der Waals surface area contributed by atoms with Gasteiger partial charge in [0, 0.05) is 23.5 Å². The number of nitrogens with zero attached hydrogens (tertiary/aromatic N) is 3. The van der Waals surface area contributed by atoms with Crippen molar-refractivity contribution >= 4 is 5.82 Å². The molecule has 0 amide bonds. The van der Waals surface area contributed by atoms with Crippen LogP contribution >= 0.6 is 0 Å². The number of nitrogens with two attached hydrogens (primary N) is 1. The van der Waals surface area contributed by atoms with Gasteiger partial charge >= 0.3 is 0 Å². The summed E-state index contributed by atoms with van der Waals surface area (Å²) in [6.07, 6.45) is 3.41. The molecule has 106 valence electrons. The van der Waals surface area contributed by atoms with E-state index in [2.05, 4.69) is 16.0 Å². The quantitative estimate of drug-likeness (QED) is 0.781. The van der Waals surface area contributed by atoms with Crippen molar-refractivity contribution in [2.24, 2.45) is 0 Å². The number of nitriles is 1. The highest BCUT2D eigenvalue weighted by molar-refractivity contribution is 5.81. The second-order valence-corrected chi connectivity index (χ2v) is 4.98. The van der Waals surface area contributed by atoms with Crippen molar-refractivity contribution in [1.82, 2.24) is 9.97 Å². The minimum atomic E-state index is 0.245. The molecule has 0 unspecified atom stereocenters. The lowest BCUT2D eigenvalue weighted by Gasteiger charge is -2.12. The SMILES string of the molecule is Cc1ccccc1-c1cc(-c2ccncc2)nc(N)c1C#N. The largest absolute Gasteiger partial charge is 0.383 e. The number of hydrogen-bond acceptors (Lipinski definition) is 4. The van der Waals surface area contributed by atoms with Gasteiger partial charge in [-0.1, -0.05) is 24.3 Å². The van der Waals surface area contributed by atoms with Crippen LogP contribution in [0, 0.1) is 18.3 Å². The number of rotatable bonds is 2. The molecule has 0 fully saturated rings. The zero-order chi connectivity index (χ0) is 15.5. The Morgan fingerprint density at radius 3 is 2.45 bits per heavy atom. The van der Waals surface area contributed by atoms with Gasteiger partial charge in [-0.05, 0) is 36.2 Å². The maximum Gasteiger partial charge on any atom is 0.142 e. The first-order valence-corrected chi connectivity index (χ1v) is 6.87. The molecule has 4 heteroatoms. The van der Waals surface area contributed by atoms with Crippen molar-refractivity contribution in [1.29, 1.82) is 5.26 Å². The molecule has 0 radical (unpaired) electrons. The summed E-state index contributed by atoms with van der Waals surface area (Å²) in [5, 5.41) is 9.43. The van der Waals surface area contributed by atoms with E-state index in [1.165, 1.54) is 0 Å². The van der Waals surface area contributed by atoms with Crippen LogP contribution in [0.1, 0.15) is 11.1 Å². The molecule has 0 saturated carbocycles. The molecule has 3 aromatic rings. The summed E-state index contributed by atoms with van der Waals surface area (Å²) < 4.78 is 0. The highest BCUT2D eigenvalue weighted by Crippen LogP contribution is 2.32. The van der Waals surface area contributed by atoms with Crippen LogP contribution in [0.3, 0.4) is 0 Å². The number of hydrogen-bond donors (Lipinski definition) is 1. The zero-order valence-corrected chi connectivity index (χ0v) is 12.1. The summed E-state index contributed by atoms with van der Waals surface area (Å²) in [6, 6.07) is 15.7. The van der Waals surface area contributed by atoms with Crippen molar-refractivity contribution in [2.45, 2.75) is 6.92 Å². The molecule has 0 saturated heterocycles. The van der Waals surface area contributed by atoms with Gasteiger partial charge in [-0.25, -0.2) is 4.98 Å². The van der Waals surface area contributed by atoms with E-state index in [-0.39, 0.29) is 5.82 Å². The minimum Gasteiger partial charge on any atom is -0.383 e. The maximum atomic E-state index is 9.43. The lowest BCUT2D eigenvalue weighted by Crippen LogP contribution is -2.00. The van der Waals surface area contributed by atoms with Crippen molar-refractivity contribution in [3.8, 4) is 28.5 Å². The Bertz CT molecular complexity index is 864. The van der Waals surface area contributed by atoms with E-state index in [4.69, 9.17) is 5.73 Å². The lowest BCUT2D eigenvalue weighted by molar-refractivity contribution is 1.28. The van der Waals surface area contributed by atoms with Crippen molar-refractivity contribution in [3.63, 3.8) is 0 Å². The first-order valence-electron chi connectivity index (χ1n) is 6.87. The fourth-order valence-electron chi connectivity index (χ4n) is 2.44. The third kappa shape index (κ3) is 2.40. The standard InChI is InChI=1S/C18H14N4/c1-12-4-2-3-5-14(12)15-10-17(13-6-8-21-9-7-13)22-18(20)16(15)11-19/h2-10H,1H3,(H2,20,22). The van der Waals surface area contributed by atoms with Gasteiger partial charge in [-0.3, -0.25) is 4.98 Å². The molecule has 0 bridgehead atoms. The normalized spacial score (nSPS) is 10.2. The van der Waals surface area contributed by atoms with Gasteiger partial charge in [-0.2, -0.15) is 5.26 Å². The van der Waals surface area contributed by atoms with Gasteiger partial charge in [0.05, 0.1) is 5.69 Å². The van der Waals surface area contributed by atoms with Crippen LogP contribution in [-0.2, 0) is 0 Å². The predicted octanol–water partition coefficient (Wildman–Crippen LogP) is 3.57. The fraction of sp³-hybridized carbons (Fsp3) is 0.0556. The van der Waals surface area contributed by atoms with E-state index in [1.807, 2.05) is 49.4 Å². The van der Waals surface area contributed by atoms with E-state index in [0.29, 0.717) is 5.56 Å². The zero-order valence-electron chi connectivity index (χ0n) is 12.1. The molecule has 0 aliphatic rings. The third-order valence-electron chi connectivity index (χ3n) is 3.57. The molecule has 2 aromatic heterocycles. The van der Waals surface area contributed by atoms with Crippen LogP contribution in [0.4, 0.5) is 5.82 Å². The number of benzene rings is 1. The van der Waals surface area contributed by atoms with E-state index in [0.717, 1.165) is 27.9 Å². The van der Waals surface area contributed by atoms with Crippen LogP contribution in [-0.4, -0.2) is 9.97 Å². The fourth-order valence-corrected chi connectivity index (χ4v) is 2.44. The van der Waals surface area contributed by atoms with Gasteiger partial charge in [0.1, 0.15) is 17.5 Å². The summed E-state index contributed by atoms with van der Waals surface area (Å²) in [6.45, 7) is 2.01. The Morgan fingerprint density at radius 1 is 1.05 bits per heavy atom. The van der Waals surface area contributed by atoms with Crippen LogP contribution < -0.4 is 5.73 Å². The summed E-state index contributed by atoms with van der Waals surface area (Å²) in [4.78, 5) is 8.37. The Morgan fingerprint density at radius 2 is 1.77 bits per heavy atom. The Kier molecular flexibility index (Phi) is 3.55. The molecule has 4 nitrogen and oxygen atoms in total. The van der Waals surface area contributed by atoms with Gasteiger partial charge in [0.25, 0.3) is 0 Å². The van der Waals surface area contributed by atoms with Crippen molar-refractivity contribution in [3.05, 3.63) is 66.0 Å². The summed E-state index contributed by atoms with van der Waals surface area (Å²) in [7, 11) is 0. The lowest BCUT2D eigenvalue weighted by atomic mass is 9.95. The smallest absolute Gasteiger partial charge is 0.142 e. The summed E-state index contributed by atoms with van der Waals surface area (Å²) in [5.74, 6) is 0.245. The second-order valence-electron chi connectivity index (χ2n) is 4.98. The van der Waals surface area contributed by atoms with Crippen LogP contribution in [0.15, 0.2) is 54.9 Å². The van der Waals surface area contributed by atoms with E-state index in [9.17, 15) is 5.26 Å². The number of aryl methyl sites for hydroxylation is 1. The predicted molar refractivity (Wildman–Crippen MR) is 86.8 cm³/mol. The molecule has 1 aromatic carbocycles. The molecular formula is C18H14N4. The first kappa shape index (κ1) is 13.8. The average molecular weight is 286 g/mol. The molecule has 3 rings (SSSR count). The molecule has 22 heavy (non-hydrogen) atoms. The molecule has 2 N–H and O–H groups in total. The molecule has 0 atom stereocenters. The number of aromatic nitrogens is 2. The van der Waals surface area contributed by atoms with Crippen molar-refractivity contribution < 1.29 is 0 Å². The molecule has 0 aliphatic heterocycles. The maximum absolute atomic E-state index is 9.43. The minimum absolute atomic E-state index is 0.245. The highest BCUT2D eigenvalue weighted by atomic mass is 14.8. The van der Waals surface area contributed by atoms with Crippen LogP contribution in [0.25, 0.3) is 22.4 Å². The van der Waals surface area contributed by atoms with Gasteiger partial charge in [-0.15, -0.1) is 0 Å². The molecule has 2 heterocycles. The van der Waals surface area contributed by atoms with Crippen LogP contribution in [0.2, 0.25) is 0 Å². The second kappa shape index (κ2) is 5.66. The van der Waals surface area contributed by atoms with E-state index < -0.39 is 0 Å². The summed E-state index contributed by atoms with van der Waals surface area (Å²) in [5.41, 5.74) is 11.0. The topological polar surface area (TPSA) is 75.6 Å². The Balaban J connectivity index is 2.28.